The molecule has 0 fully saturated rings. The van der Waals surface area contributed by atoms with Gasteiger partial charge < -0.3 is 16.2 Å². The minimum absolute atomic E-state index is 0.131. The maximum atomic E-state index is 12.9. The Morgan fingerprint density at radius 3 is 2.57 bits per heavy atom. The third-order valence-electron chi connectivity index (χ3n) is 3.36. The Morgan fingerprint density at radius 2 is 1.95 bits per heavy atom. The van der Waals surface area contributed by atoms with E-state index in [0.29, 0.717) is 11.5 Å². The molecule has 21 heavy (non-hydrogen) atoms. The molecule has 0 spiro atoms. The molecule has 0 aromatic heterocycles. The number of rotatable bonds is 8. The molecular weight excluding hydrogens is 269 g/mol. The fraction of sp³-hybridized carbons (Fsp3) is 0.562. The summed E-state index contributed by atoms with van der Waals surface area (Å²) in [6.07, 6.45) is 4.64. The predicted molar refractivity (Wildman–Crippen MR) is 84.6 cm³/mol. The van der Waals surface area contributed by atoms with E-state index in [-0.39, 0.29) is 12.4 Å². The van der Waals surface area contributed by atoms with Gasteiger partial charge in [-0.2, -0.15) is 0 Å². The van der Waals surface area contributed by atoms with Crippen molar-refractivity contribution in [3.63, 3.8) is 0 Å². The summed E-state index contributed by atoms with van der Waals surface area (Å²) in [5.41, 5.74) is 5.22. The average molecular weight is 295 g/mol. The van der Waals surface area contributed by atoms with Gasteiger partial charge in [-0.05, 0) is 31.0 Å². The van der Waals surface area contributed by atoms with Crippen LogP contribution in [-0.4, -0.2) is 24.2 Å². The first-order valence-corrected chi connectivity index (χ1v) is 7.48. The Bertz CT molecular complexity index is 443. The number of nitrogens with one attached hydrogen (secondary N) is 1. The zero-order valence-corrected chi connectivity index (χ0v) is 12.9. The Balaban J connectivity index is 2.43. The molecule has 5 heteroatoms. The highest BCUT2D eigenvalue weighted by Crippen LogP contribution is 2.21. The smallest absolute Gasteiger partial charge is 0.188 e. The van der Waals surface area contributed by atoms with E-state index in [1.165, 1.54) is 31.4 Å². The third-order valence-corrected chi connectivity index (χ3v) is 3.36. The van der Waals surface area contributed by atoms with Gasteiger partial charge in [0.05, 0.1) is 6.54 Å². The van der Waals surface area contributed by atoms with E-state index < -0.39 is 5.60 Å². The van der Waals surface area contributed by atoms with E-state index in [1.807, 2.05) is 0 Å². The number of hydrogen-bond donors (Lipinski definition) is 3. The van der Waals surface area contributed by atoms with Gasteiger partial charge >= 0.3 is 0 Å². The molecule has 1 aromatic rings. The van der Waals surface area contributed by atoms with Crippen LogP contribution in [0, 0.1) is 5.82 Å². The van der Waals surface area contributed by atoms with Gasteiger partial charge in [0.15, 0.2) is 5.96 Å². The van der Waals surface area contributed by atoms with Crippen molar-refractivity contribution in [2.75, 3.05) is 13.1 Å². The second kappa shape index (κ2) is 8.62. The van der Waals surface area contributed by atoms with Crippen LogP contribution in [0.5, 0.6) is 0 Å². The molecule has 0 heterocycles. The number of unbranched alkanes of at least 4 members (excludes halogenated alkanes) is 3. The number of nitrogens with zero attached hydrogens (tertiary/aromatic N) is 1. The Kier molecular flexibility index (Phi) is 7.15. The lowest BCUT2D eigenvalue weighted by Gasteiger charge is -2.22. The Hall–Kier alpha value is -1.62. The molecule has 1 unspecified atom stereocenters. The fourth-order valence-electron chi connectivity index (χ4n) is 1.96. The monoisotopic (exact) mass is 295 g/mol. The molecule has 0 radical (unpaired) electrons. The van der Waals surface area contributed by atoms with Crippen molar-refractivity contribution in [2.45, 2.75) is 45.1 Å². The zero-order chi connectivity index (χ0) is 15.7. The molecule has 118 valence electrons. The number of aliphatic imine (C=N–C) groups is 1. The van der Waals surface area contributed by atoms with Crippen molar-refractivity contribution in [2.24, 2.45) is 10.7 Å². The zero-order valence-electron chi connectivity index (χ0n) is 12.9. The van der Waals surface area contributed by atoms with Crippen LogP contribution in [0.4, 0.5) is 4.39 Å². The van der Waals surface area contributed by atoms with E-state index in [0.717, 1.165) is 13.0 Å². The second-order valence-electron chi connectivity index (χ2n) is 5.47. The van der Waals surface area contributed by atoms with Gasteiger partial charge in [0.25, 0.3) is 0 Å². The topological polar surface area (TPSA) is 70.6 Å². The number of guanidine groups is 1. The molecule has 0 amide bonds. The van der Waals surface area contributed by atoms with Crippen LogP contribution in [0.25, 0.3) is 0 Å². The van der Waals surface area contributed by atoms with Crippen molar-refractivity contribution in [1.29, 1.82) is 0 Å². The first-order chi connectivity index (χ1) is 9.95. The SMILES string of the molecule is CCCCCCNC(N)=NCC(C)(O)c1ccc(F)cc1. The summed E-state index contributed by atoms with van der Waals surface area (Å²) in [5, 5.41) is 13.4. The number of nitrogens with two attached hydrogens (primary N) is 1. The van der Waals surface area contributed by atoms with Crippen LogP contribution >= 0.6 is 0 Å². The standard InChI is InChI=1S/C16H26FN3O/c1-3-4-5-6-11-19-15(18)20-12-16(2,21)13-7-9-14(17)10-8-13/h7-10,21H,3-6,11-12H2,1-2H3,(H3,18,19,20). The first kappa shape index (κ1) is 17.4. The summed E-state index contributed by atoms with van der Waals surface area (Å²) in [4.78, 5) is 4.15. The molecule has 4 nitrogen and oxygen atoms in total. The molecule has 0 aliphatic rings. The van der Waals surface area contributed by atoms with Crippen molar-refractivity contribution in [3.8, 4) is 0 Å². The number of halogens is 1. The third kappa shape index (κ3) is 6.58. The lowest BCUT2D eigenvalue weighted by molar-refractivity contribution is 0.0672. The van der Waals surface area contributed by atoms with E-state index in [4.69, 9.17) is 5.73 Å². The quantitative estimate of drug-likeness (QED) is 0.392. The maximum absolute atomic E-state index is 12.9. The fourth-order valence-corrected chi connectivity index (χ4v) is 1.96. The van der Waals surface area contributed by atoms with Gasteiger partial charge in [-0.15, -0.1) is 0 Å². The summed E-state index contributed by atoms with van der Waals surface area (Å²) in [6, 6.07) is 5.75. The van der Waals surface area contributed by atoms with Gasteiger partial charge in [0.1, 0.15) is 11.4 Å². The highest BCUT2D eigenvalue weighted by Gasteiger charge is 2.22. The molecule has 1 aromatic carbocycles. The van der Waals surface area contributed by atoms with Gasteiger partial charge in [-0.25, -0.2) is 4.39 Å². The first-order valence-electron chi connectivity index (χ1n) is 7.48. The van der Waals surface area contributed by atoms with Crippen LogP contribution < -0.4 is 11.1 Å². The molecule has 4 N–H and O–H groups in total. The summed E-state index contributed by atoms with van der Waals surface area (Å²) >= 11 is 0. The van der Waals surface area contributed by atoms with Gasteiger partial charge in [0.2, 0.25) is 0 Å². The van der Waals surface area contributed by atoms with E-state index in [2.05, 4.69) is 17.2 Å². The Morgan fingerprint density at radius 1 is 1.29 bits per heavy atom. The van der Waals surface area contributed by atoms with Crippen molar-refractivity contribution < 1.29 is 9.50 Å². The van der Waals surface area contributed by atoms with Crippen LogP contribution in [0.2, 0.25) is 0 Å². The molecular formula is C16H26FN3O. The average Bonchev–Trinajstić information content (AvgIpc) is 2.45. The van der Waals surface area contributed by atoms with Crippen LogP contribution in [-0.2, 0) is 5.60 Å². The molecule has 0 aliphatic carbocycles. The van der Waals surface area contributed by atoms with E-state index in [1.54, 1.807) is 19.1 Å². The summed E-state index contributed by atoms with van der Waals surface area (Å²) < 4.78 is 12.9. The number of aliphatic hydroxyl groups is 1. The van der Waals surface area contributed by atoms with Crippen LogP contribution in [0.15, 0.2) is 29.3 Å². The second-order valence-corrected chi connectivity index (χ2v) is 5.47. The van der Waals surface area contributed by atoms with E-state index >= 15 is 0 Å². The lowest BCUT2D eigenvalue weighted by atomic mass is 9.96. The van der Waals surface area contributed by atoms with Gasteiger partial charge in [-0.1, -0.05) is 38.3 Å². The minimum atomic E-state index is -1.16. The predicted octanol–water partition coefficient (Wildman–Crippen LogP) is 2.52. The highest BCUT2D eigenvalue weighted by molar-refractivity contribution is 5.77. The summed E-state index contributed by atoms with van der Waals surface area (Å²) in [5.74, 6) is 0.000182. The largest absolute Gasteiger partial charge is 0.384 e. The minimum Gasteiger partial charge on any atom is -0.384 e. The summed E-state index contributed by atoms with van der Waals surface area (Å²) in [6.45, 7) is 4.72. The molecule has 1 rings (SSSR count). The van der Waals surface area contributed by atoms with Crippen LogP contribution in [0.1, 0.15) is 45.1 Å². The molecule has 1 atom stereocenters. The lowest BCUT2D eigenvalue weighted by Crippen LogP contribution is -2.35. The number of hydrogen-bond acceptors (Lipinski definition) is 2. The highest BCUT2D eigenvalue weighted by atomic mass is 19.1. The molecule has 0 bridgehead atoms. The van der Waals surface area contributed by atoms with Crippen molar-refractivity contribution in [1.82, 2.24) is 5.32 Å². The summed E-state index contributed by atoms with van der Waals surface area (Å²) in [7, 11) is 0. The van der Waals surface area contributed by atoms with Crippen molar-refractivity contribution in [3.05, 3.63) is 35.6 Å². The van der Waals surface area contributed by atoms with Gasteiger partial charge in [-0.3, -0.25) is 4.99 Å². The van der Waals surface area contributed by atoms with Crippen LogP contribution in [0.3, 0.4) is 0 Å². The number of benzene rings is 1. The molecule has 0 aliphatic heterocycles. The molecule has 0 saturated heterocycles. The van der Waals surface area contributed by atoms with E-state index in [9.17, 15) is 9.50 Å². The maximum Gasteiger partial charge on any atom is 0.188 e. The van der Waals surface area contributed by atoms with Gasteiger partial charge in [0, 0.05) is 6.54 Å². The normalized spacial score (nSPS) is 14.8. The van der Waals surface area contributed by atoms with Crippen molar-refractivity contribution >= 4 is 5.96 Å². The molecule has 0 saturated carbocycles. The Labute approximate surface area is 126 Å².